The number of hydrogen-bond acceptors (Lipinski definition) is 8. The van der Waals surface area contributed by atoms with Crippen LogP contribution in [0.1, 0.15) is 77.0 Å². The zero-order valence-corrected chi connectivity index (χ0v) is 31.0. The Bertz CT molecular complexity index is 1970. The number of rotatable bonds is 13. The lowest BCUT2D eigenvalue weighted by atomic mass is 9.81. The van der Waals surface area contributed by atoms with Crippen LogP contribution in [0.25, 0.3) is 0 Å². The molecular weight excluding hydrogens is 683 g/mol. The number of aryl methyl sites for hydroxylation is 1. The van der Waals surface area contributed by atoms with Crippen LogP contribution in [0.15, 0.2) is 65.2 Å². The van der Waals surface area contributed by atoms with Gasteiger partial charge in [-0.05, 0) is 93.6 Å². The van der Waals surface area contributed by atoms with Gasteiger partial charge in [0.15, 0.2) is 11.5 Å². The number of nitrogens with one attached hydrogen (secondary N) is 1. The number of benzene rings is 2. The number of allylic oxidation sites excluding steroid dienone is 4. The molecule has 5 rings (SSSR count). The summed E-state index contributed by atoms with van der Waals surface area (Å²) in [5.41, 5.74) is 7.02. The highest BCUT2D eigenvalue weighted by Crippen LogP contribution is 2.48. The number of hydrogen-bond donors (Lipinski definition) is 2. The molecule has 2 aromatic carbocycles. The third-order valence-electron chi connectivity index (χ3n) is 9.39. The Morgan fingerprint density at radius 1 is 0.980 bits per heavy atom. The summed E-state index contributed by atoms with van der Waals surface area (Å²) in [7, 11) is -4.37. The van der Waals surface area contributed by atoms with Crippen molar-refractivity contribution in [3.8, 4) is 0 Å². The van der Waals surface area contributed by atoms with Crippen molar-refractivity contribution in [2.45, 2.75) is 83.0 Å². The molecular formula is C36H43Cl2N6O4S+. The Kier molecular flexibility index (Phi) is 10.7. The van der Waals surface area contributed by atoms with Gasteiger partial charge in [0.05, 0.1) is 16.9 Å². The van der Waals surface area contributed by atoms with E-state index in [1.54, 1.807) is 12.1 Å². The summed E-state index contributed by atoms with van der Waals surface area (Å²) < 4.78 is 36.2. The van der Waals surface area contributed by atoms with Gasteiger partial charge in [-0.25, -0.2) is 0 Å². The van der Waals surface area contributed by atoms with Gasteiger partial charge in [0.25, 0.3) is 10.1 Å². The summed E-state index contributed by atoms with van der Waals surface area (Å²) in [4.78, 5) is 26.3. The van der Waals surface area contributed by atoms with E-state index in [1.165, 1.54) is 28.6 Å². The number of carbonyl (C=O) groups is 1. The molecule has 260 valence electrons. The number of halogens is 2. The van der Waals surface area contributed by atoms with Gasteiger partial charge >= 0.3 is 0 Å². The molecule has 0 saturated heterocycles. The van der Waals surface area contributed by atoms with E-state index < -0.39 is 15.5 Å². The lowest BCUT2D eigenvalue weighted by molar-refractivity contribution is -0.438. The molecule has 0 aliphatic carbocycles. The number of anilines is 2. The zero-order chi connectivity index (χ0) is 35.7. The summed E-state index contributed by atoms with van der Waals surface area (Å²) in [5, 5.41) is 2.74. The van der Waals surface area contributed by atoms with E-state index in [2.05, 4.69) is 108 Å². The molecule has 1 aromatic heterocycles. The first-order chi connectivity index (χ1) is 23.0. The third-order valence-corrected chi connectivity index (χ3v) is 10.6. The molecule has 3 heterocycles. The van der Waals surface area contributed by atoms with Crippen LogP contribution < -0.4 is 10.2 Å². The topological polar surface area (TPSA) is 128 Å². The zero-order valence-electron chi connectivity index (χ0n) is 28.7. The van der Waals surface area contributed by atoms with Gasteiger partial charge in [-0.3, -0.25) is 9.35 Å². The molecule has 13 heteroatoms. The molecule has 10 nitrogen and oxygen atoms in total. The van der Waals surface area contributed by atoms with Crippen LogP contribution in [-0.2, 0) is 25.7 Å². The minimum atomic E-state index is -4.37. The molecule has 0 amide bonds. The second kappa shape index (κ2) is 14.3. The van der Waals surface area contributed by atoms with Crippen molar-refractivity contribution in [1.29, 1.82) is 0 Å². The van der Waals surface area contributed by atoms with Gasteiger partial charge in [0.1, 0.15) is 6.54 Å². The van der Waals surface area contributed by atoms with E-state index in [9.17, 15) is 17.8 Å². The fraction of sp³-hybridized carbons (Fsp3) is 0.417. The summed E-state index contributed by atoms with van der Waals surface area (Å²) >= 11 is 11.6. The van der Waals surface area contributed by atoms with Gasteiger partial charge in [0.2, 0.25) is 22.2 Å². The van der Waals surface area contributed by atoms with Crippen molar-refractivity contribution >= 4 is 62.1 Å². The van der Waals surface area contributed by atoms with E-state index in [0.29, 0.717) is 19.4 Å². The second-order valence-electron chi connectivity index (χ2n) is 13.5. The highest BCUT2D eigenvalue weighted by molar-refractivity contribution is 7.85. The molecule has 2 N–H and O–H groups in total. The molecule has 49 heavy (non-hydrogen) atoms. The van der Waals surface area contributed by atoms with Crippen molar-refractivity contribution < 1.29 is 22.3 Å². The maximum atomic E-state index is 12.5. The molecule has 0 atom stereocenters. The van der Waals surface area contributed by atoms with Crippen LogP contribution in [0.3, 0.4) is 0 Å². The maximum Gasteiger partial charge on any atom is 0.294 e. The number of likely N-dealkylation sites (N-methyl/N-ethyl adjacent to an activating group) is 1. The van der Waals surface area contributed by atoms with Crippen molar-refractivity contribution in [3.63, 3.8) is 0 Å². The first-order valence-corrected chi connectivity index (χ1v) is 18.6. The van der Waals surface area contributed by atoms with E-state index in [4.69, 9.17) is 23.2 Å². The Morgan fingerprint density at radius 3 is 2.37 bits per heavy atom. The summed E-state index contributed by atoms with van der Waals surface area (Å²) in [6.07, 6.45) is 9.09. The predicted octanol–water partition coefficient (Wildman–Crippen LogP) is 7.61. The largest absolute Gasteiger partial charge is 0.347 e. The van der Waals surface area contributed by atoms with Gasteiger partial charge in [-0.15, -0.1) is 0 Å². The first kappa shape index (κ1) is 36.6. The standard InChI is InChI=1S/C36H42Cl2N6O4S/c1-7-43-28-17-15-23(2)20-26(28)35(3,4)30(43)13-11-14-31-36(5,6)27-21-25(49(46,47)48)16-18-29(27)44(31)19-10-8-9-12-24(45)22-39-34-41-32(37)40-33(38)42-34/h11,13-18,20-21H,7-10,12,19,22H2,1-6H3,(H-,39,40,41,42,46,47,48)/p+1. The Hall–Kier alpha value is -3.64. The lowest BCUT2D eigenvalue weighted by Crippen LogP contribution is -2.28. The van der Waals surface area contributed by atoms with Crippen molar-refractivity contribution in [2.24, 2.45) is 0 Å². The van der Waals surface area contributed by atoms with Crippen LogP contribution >= 0.6 is 23.2 Å². The van der Waals surface area contributed by atoms with Gasteiger partial charge in [0, 0.05) is 53.9 Å². The smallest absolute Gasteiger partial charge is 0.294 e. The summed E-state index contributed by atoms with van der Waals surface area (Å²) in [6, 6.07) is 11.4. The number of Topliss-reactive ketones (excluding diaryl/α,β-unsaturated/α-hetero) is 1. The monoisotopic (exact) mass is 725 g/mol. The lowest BCUT2D eigenvalue weighted by Gasteiger charge is -2.25. The van der Waals surface area contributed by atoms with E-state index in [-0.39, 0.29) is 39.2 Å². The third kappa shape index (κ3) is 7.75. The molecule has 0 spiro atoms. The fourth-order valence-electron chi connectivity index (χ4n) is 6.86. The molecule has 0 radical (unpaired) electrons. The number of fused-ring (bicyclic) bond motifs is 2. The highest BCUT2D eigenvalue weighted by atomic mass is 35.5. The molecule has 0 bridgehead atoms. The van der Waals surface area contributed by atoms with E-state index >= 15 is 0 Å². The minimum Gasteiger partial charge on any atom is -0.347 e. The summed E-state index contributed by atoms with van der Waals surface area (Å²) in [6.45, 7) is 14.5. The highest BCUT2D eigenvalue weighted by Gasteiger charge is 2.45. The molecule has 3 aromatic rings. The normalized spacial score (nSPS) is 17.2. The van der Waals surface area contributed by atoms with Crippen molar-refractivity contribution in [3.05, 3.63) is 87.6 Å². The minimum absolute atomic E-state index is 0.00884. The van der Waals surface area contributed by atoms with Gasteiger partial charge < -0.3 is 10.2 Å². The Balaban J connectivity index is 1.34. The van der Waals surface area contributed by atoms with Crippen LogP contribution in [0, 0.1) is 6.92 Å². The predicted molar refractivity (Wildman–Crippen MR) is 195 cm³/mol. The molecule has 2 aliphatic heterocycles. The van der Waals surface area contributed by atoms with Gasteiger partial charge in [-0.2, -0.15) is 27.9 Å². The molecule has 0 unspecified atom stereocenters. The van der Waals surface area contributed by atoms with Crippen LogP contribution in [0.5, 0.6) is 0 Å². The SMILES string of the molecule is CCN1C(=CC=CC2=[N+](CCCCCC(=O)CNc3nc(Cl)nc(Cl)n3)c3ccc(S(=O)(=O)O)cc3C2(C)C)C(C)(C)c2cc(C)ccc21. The summed E-state index contributed by atoms with van der Waals surface area (Å²) in [5.74, 6) is 0.158. The molecule has 2 aliphatic rings. The Morgan fingerprint density at radius 2 is 1.69 bits per heavy atom. The van der Waals surface area contributed by atoms with E-state index in [1.807, 2.05) is 0 Å². The maximum absolute atomic E-state index is 12.5. The number of aromatic nitrogens is 3. The van der Waals surface area contributed by atoms with Crippen LogP contribution in [-0.4, -0.2) is 63.6 Å². The number of ketones is 1. The first-order valence-electron chi connectivity index (χ1n) is 16.4. The van der Waals surface area contributed by atoms with Crippen molar-refractivity contribution in [2.75, 3.05) is 29.9 Å². The average Bonchev–Trinajstić information content (AvgIpc) is 3.36. The van der Waals surface area contributed by atoms with Crippen LogP contribution in [0.4, 0.5) is 17.3 Å². The quantitative estimate of drug-likeness (QED) is 0.104. The Labute approximate surface area is 298 Å². The second-order valence-corrected chi connectivity index (χ2v) is 15.6. The van der Waals surface area contributed by atoms with Crippen molar-refractivity contribution in [1.82, 2.24) is 15.0 Å². The molecule has 0 saturated carbocycles. The van der Waals surface area contributed by atoms with Gasteiger partial charge in [-0.1, -0.05) is 37.6 Å². The van der Waals surface area contributed by atoms with E-state index in [0.717, 1.165) is 36.3 Å². The number of unbranched alkanes of at least 4 members (excludes halogenated alkanes) is 2. The number of nitrogens with zero attached hydrogens (tertiary/aromatic N) is 5. The number of carbonyl (C=O) groups excluding carboxylic acids is 1. The molecule has 0 fully saturated rings. The average molecular weight is 727 g/mol. The van der Waals surface area contributed by atoms with Crippen LogP contribution in [0.2, 0.25) is 10.6 Å². The fourth-order valence-corrected chi connectivity index (χ4v) is 7.73.